The normalized spacial score (nSPS) is 11.5. The number of benzene rings is 3. The van der Waals surface area contributed by atoms with Crippen LogP contribution in [0.5, 0.6) is 23.0 Å². The molecule has 2 aromatic heterocycles. The van der Waals surface area contributed by atoms with Gasteiger partial charge < -0.3 is 14.2 Å². The molecule has 42 heavy (non-hydrogen) atoms. The van der Waals surface area contributed by atoms with E-state index in [-0.39, 0.29) is 35.4 Å². The molecule has 0 N–H and O–H groups in total. The summed E-state index contributed by atoms with van der Waals surface area (Å²) in [5, 5.41) is 5.32. The lowest BCUT2D eigenvalue weighted by atomic mass is 9.92. The smallest absolute Gasteiger partial charge is 0.162 e. The Morgan fingerprint density at radius 3 is 2.33 bits per heavy atom. The molecule has 0 saturated carbocycles. The van der Waals surface area contributed by atoms with Crippen LogP contribution in [0.2, 0.25) is 0 Å². The Labute approximate surface area is 242 Å². The largest absolute Gasteiger partial charge is 0.493 e. The highest BCUT2D eigenvalue weighted by atomic mass is 19.1. The van der Waals surface area contributed by atoms with Gasteiger partial charge in [-0.1, -0.05) is 32.9 Å². The molecule has 3 aromatic carbocycles. The number of nitrogens with zero attached hydrogens (tertiary/aromatic N) is 3. The number of Topliss-reactive ketones (excluding diaryl/α,β-unsaturated/α-hetero) is 1. The quantitative estimate of drug-likeness (QED) is 0.187. The van der Waals surface area contributed by atoms with Crippen LogP contribution in [0.3, 0.4) is 0 Å². The molecular weight excluding hydrogens is 540 g/mol. The highest BCUT2D eigenvalue weighted by Gasteiger charge is 2.22. The maximum atomic E-state index is 15.2. The van der Waals surface area contributed by atoms with E-state index in [9.17, 15) is 9.18 Å². The van der Waals surface area contributed by atoms with Crippen molar-refractivity contribution in [2.75, 3.05) is 14.2 Å². The number of carbonyl (C=O) groups excluding carboxylic acids is 1. The molecule has 9 heteroatoms. The maximum Gasteiger partial charge on any atom is 0.162 e. The monoisotopic (exact) mass is 571 g/mol. The highest BCUT2D eigenvalue weighted by molar-refractivity contribution is 5.88. The number of fused-ring (bicyclic) bond motifs is 1. The lowest BCUT2D eigenvalue weighted by molar-refractivity contribution is -0.117. The number of rotatable bonds is 9. The van der Waals surface area contributed by atoms with E-state index in [4.69, 9.17) is 14.2 Å². The zero-order valence-corrected chi connectivity index (χ0v) is 24.1. The minimum atomic E-state index is -0.563. The van der Waals surface area contributed by atoms with Crippen molar-refractivity contribution >= 4 is 16.7 Å². The number of hydrogen-bond acceptors (Lipinski definition) is 6. The van der Waals surface area contributed by atoms with Crippen molar-refractivity contribution in [3.8, 4) is 28.7 Å². The van der Waals surface area contributed by atoms with Crippen LogP contribution in [0.25, 0.3) is 16.6 Å². The van der Waals surface area contributed by atoms with E-state index >= 15 is 4.39 Å². The second-order valence-corrected chi connectivity index (χ2v) is 10.9. The molecule has 7 nitrogen and oxygen atoms in total. The Kier molecular flexibility index (Phi) is 7.93. The highest BCUT2D eigenvalue weighted by Crippen LogP contribution is 2.37. The van der Waals surface area contributed by atoms with E-state index in [1.54, 1.807) is 60.5 Å². The molecule has 5 aromatic rings. The number of halogens is 2. The summed E-state index contributed by atoms with van der Waals surface area (Å²) in [5.74, 6) is 0.601. The predicted octanol–water partition coefficient (Wildman–Crippen LogP) is 7.16. The number of carbonyl (C=O) groups is 1. The number of ketones is 1. The van der Waals surface area contributed by atoms with Gasteiger partial charge in [-0.2, -0.15) is 5.10 Å². The third kappa shape index (κ3) is 6.10. The molecule has 2 heterocycles. The second-order valence-electron chi connectivity index (χ2n) is 10.9. The van der Waals surface area contributed by atoms with Gasteiger partial charge in [0, 0.05) is 42.0 Å². The lowest BCUT2D eigenvalue weighted by Crippen LogP contribution is -2.13. The van der Waals surface area contributed by atoms with Crippen molar-refractivity contribution in [1.82, 2.24) is 14.8 Å². The van der Waals surface area contributed by atoms with Gasteiger partial charge in [-0.25, -0.2) is 13.5 Å². The van der Waals surface area contributed by atoms with Crippen LogP contribution in [0.4, 0.5) is 8.78 Å². The van der Waals surface area contributed by atoms with Crippen LogP contribution < -0.4 is 14.2 Å². The number of aromatic nitrogens is 3. The van der Waals surface area contributed by atoms with Gasteiger partial charge in [0.15, 0.2) is 11.5 Å². The summed E-state index contributed by atoms with van der Waals surface area (Å²) in [4.78, 5) is 17.5. The molecule has 216 valence electrons. The average Bonchev–Trinajstić information content (AvgIpc) is 3.38. The zero-order chi connectivity index (χ0) is 30.0. The molecule has 0 spiro atoms. The summed E-state index contributed by atoms with van der Waals surface area (Å²) in [6, 6.07) is 17.5. The van der Waals surface area contributed by atoms with Gasteiger partial charge in [0.25, 0.3) is 0 Å². The van der Waals surface area contributed by atoms with E-state index in [0.717, 1.165) is 5.69 Å². The van der Waals surface area contributed by atoms with E-state index in [0.29, 0.717) is 39.5 Å². The Morgan fingerprint density at radius 1 is 0.881 bits per heavy atom. The Morgan fingerprint density at radius 2 is 1.64 bits per heavy atom. The topological polar surface area (TPSA) is 75.5 Å². The van der Waals surface area contributed by atoms with Gasteiger partial charge in [0.2, 0.25) is 0 Å². The Balaban J connectivity index is 1.35. The molecule has 0 unspecified atom stereocenters. The third-order valence-corrected chi connectivity index (χ3v) is 6.83. The number of hydrogen-bond donors (Lipinski definition) is 0. The number of pyridine rings is 1. The summed E-state index contributed by atoms with van der Waals surface area (Å²) in [6.45, 7) is 6.04. The standard InChI is InChI=1S/C33H31F2N3O4/c1-33(2,3)32-16-23(38(37-32)22-8-6-7-21(34)14-22)15-24(39)13-20-9-10-25(17-27(20)35)42-29-11-12-36-28-19-31(41-5)30(40-4)18-26(28)29/h6-12,14,16-19H,13,15H2,1-5H3. The molecule has 0 atom stereocenters. The van der Waals surface area contributed by atoms with E-state index in [1.165, 1.54) is 25.3 Å². The summed E-state index contributed by atoms with van der Waals surface area (Å²) in [5.41, 5.74) is 2.47. The van der Waals surface area contributed by atoms with Crippen molar-refractivity contribution in [3.63, 3.8) is 0 Å². The second kappa shape index (κ2) is 11.6. The first-order valence-electron chi connectivity index (χ1n) is 13.4. The zero-order valence-electron chi connectivity index (χ0n) is 24.1. The molecule has 0 bridgehead atoms. The van der Waals surface area contributed by atoms with Gasteiger partial charge in [-0.05, 0) is 48.0 Å². The van der Waals surface area contributed by atoms with Crippen molar-refractivity contribution in [2.45, 2.75) is 39.0 Å². The first-order chi connectivity index (χ1) is 20.0. The van der Waals surface area contributed by atoms with Crippen molar-refractivity contribution in [2.24, 2.45) is 0 Å². The minimum Gasteiger partial charge on any atom is -0.493 e. The average molecular weight is 572 g/mol. The molecule has 0 aliphatic rings. The maximum absolute atomic E-state index is 15.2. The fraction of sp³-hybridized carbons (Fsp3) is 0.242. The summed E-state index contributed by atoms with van der Waals surface area (Å²) < 4.78 is 47.5. The van der Waals surface area contributed by atoms with Crippen LogP contribution >= 0.6 is 0 Å². The van der Waals surface area contributed by atoms with Crippen LogP contribution in [0, 0.1) is 11.6 Å². The van der Waals surface area contributed by atoms with E-state index in [2.05, 4.69) is 10.1 Å². The van der Waals surface area contributed by atoms with Crippen molar-refractivity contribution in [1.29, 1.82) is 0 Å². The molecule has 0 fully saturated rings. The Bertz CT molecular complexity index is 1780. The summed E-state index contributed by atoms with van der Waals surface area (Å²) in [6.07, 6.45) is 1.47. The molecule has 5 rings (SSSR count). The van der Waals surface area contributed by atoms with Crippen LogP contribution in [-0.2, 0) is 23.1 Å². The van der Waals surface area contributed by atoms with Crippen molar-refractivity contribution < 1.29 is 27.8 Å². The van der Waals surface area contributed by atoms with Gasteiger partial charge >= 0.3 is 0 Å². The summed E-state index contributed by atoms with van der Waals surface area (Å²) >= 11 is 0. The molecule has 0 amide bonds. The van der Waals surface area contributed by atoms with Crippen LogP contribution in [-0.4, -0.2) is 34.8 Å². The first kappa shape index (κ1) is 28.7. The molecular formula is C33H31F2N3O4. The predicted molar refractivity (Wildman–Crippen MR) is 156 cm³/mol. The van der Waals surface area contributed by atoms with Gasteiger partial charge in [0.05, 0.1) is 36.8 Å². The Hall–Kier alpha value is -4.79. The van der Waals surface area contributed by atoms with Crippen molar-refractivity contribution in [3.05, 3.63) is 102 Å². The van der Waals surface area contributed by atoms with Crippen LogP contribution in [0.1, 0.15) is 37.7 Å². The fourth-order valence-corrected chi connectivity index (χ4v) is 4.62. The molecule has 0 aliphatic carbocycles. The molecule has 0 radical (unpaired) electrons. The number of methoxy groups -OCH3 is 2. The number of ether oxygens (including phenoxy) is 3. The van der Waals surface area contributed by atoms with E-state index < -0.39 is 11.6 Å². The van der Waals surface area contributed by atoms with Crippen LogP contribution in [0.15, 0.2) is 72.9 Å². The SMILES string of the molecule is COc1cc2nccc(Oc3ccc(CC(=O)Cc4cc(C(C)(C)C)nn4-c4cccc(F)c4)c(F)c3)c2cc1OC. The van der Waals surface area contributed by atoms with Gasteiger partial charge in [-0.3, -0.25) is 9.78 Å². The summed E-state index contributed by atoms with van der Waals surface area (Å²) in [7, 11) is 3.08. The minimum absolute atomic E-state index is 0.00554. The van der Waals surface area contributed by atoms with Gasteiger partial charge in [-0.15, -0.1) is 0 Å². The van der Waals surface area contributed by atoms with Gasteiger partial charge in [0.1, 0.15) is 28.9 Å². The molecule has 0 aliphatic heterocycles. The lowest BCUT2D eigenvalue weighted by Gasteiger charge is -2.14. The van der Waals surface area contributed by atoms with E-state index in [1.807, 2.05) is 26.8 Å². The first-order valence-corrected chi connectivity index (χ1v) is 13.4. The third-order valence-electron chi connectivity index (χ3n) is 6.83. The fourth-order valence-electron chi connectivity index (χ4n) is 4.62. The molecule has 0 saturated heterocycles.